The maximum Gasteiger partial charge on any atom is 0.229 e. The van der Waals surface area contributed by atoms with Crippen LogP contribution in [0.2, 0.25) is 0 Å². The number of hydrogen-bond donors (Lipinski definition) is 1. The minimum atomic E-state index is -0.646. The summed E-state index contributed by atoms with van der Waals surface area (Å²) < 4.78 is 5.15. The van der Waals surface area contributed by atoms with Gasteiger partial charge in [-0.3, -0.25) is 0 Å². The highest BCUT2D eigenvalue weighted by Crippen LogP contribution is 2.41. The highest BCUT2D eigenvalue weighted by molar-refractivity contribution is 4.97. The number of nitrogens with zero attached hydrogens (tertiary/aromatic N) is 2. The minimum Gasteiger partial charge on any atom is -0.389 e. The molecule has 1 aliphatic carbocycles. The molecule has 96 valence electrons. The van der Waals surface area contributed by atoms with Crippen LogP contribution in [-0.4, -0.2) is 20.8 Å². The Balaban J connectivity index is 1.98. The van der Waals surface area contributed by atoms with Crippen LogP contribution in [0, 0.1) is 5.41 Å². The average Bonchev–Trinajstić information content (AvgIpc) is 2.71. The van der Waals surface area contributed by atoms with Gasteiger partial charge in [-0.2, -0.15) is 4.98 Å². The molecule has 0 spiro atoms. The van der Waals surface area contributed by atoms with Gasteiger partial charge in [-0.05, 0) is 31.1 Å². The van der Waals surface area contributed by atoms with Crippen LogP contribution in [0.3, 0.4) is 0 Å². The molecule has 1 saturated carbocycles. The molecular weight excluding hydrogens is 216 g/mol. The lowest BCUT2D eigenvalue weighted by molar-refractivity contribution is -0.0301. The number of aliphatic hydroxyl groups is 1. The first-order chi connectivity index (χ1) is 7.92. The van der Waals surface area contributed by atoms with Gasteiger partial charge in [0, 0.05) is 6.42 Å². The Bertz CT molecular complexity index is 375. The molecule has 4 heteroatoms. The van der Waals surface area contributed by atoms with Gasteiger partial charge in [0.05, 0.1) is 12.0 Å². The zero-order valence-electron chi connectivity index (χ0n) is 11.0. The summed E-state index contributed by atoms with van der Waals surface area (Å²) >= 11 is 0. The third-order valence-electron chi connectivity index (χ3n) is 3.84. The van der Waals surface area contributed by atoms with Crippen molar-refractivity contribution in [3.63, 3.8) is 0 Å². The van der Waals surface area contributed by atoms with E-state index in [0.29, 0.717) is 17.7 Å². The zero-order chi connectivity index (χ0) is 12.5. The Morgan fingerprint density at radius 3 is 2.41 bits per heavy atom. The molecule has 2 rings (SSSR count). The standard InChI is InChI=1S/C13H22N2O2/c1-4-10-14-11(17-15-10)9-13(16)7-5-12(2,3)6-8-13/h16H,4-9H2,1-3H3. The van der Waals surface area contributed by atoms with E-state index < -0.39 is 5.60 Å². The van der Waals surface area contributed by atoms with Crippen molar-refractivity contribution in [2.45, 2.75) is 64.9 Å². The fraction of sp³-hybridized carbons (Fsp3) is 0.846. The van der Waals surface area contributed by atoms with E-state index >= 15 is 0 Å². The molecule has 0 atom stereocenters. The molecule has 1 aromatic heterocycles. The fourth-order valence-corrected chi connectivity index (χ4v) is 2.36. The average molecular weight is 238 g/mol. The van der Waals surface area contributed by atoms with Gasteiger partial charge in [-0.15, -0.1) is 0 Å². The van der Waals surface area contributed by atoms with Gasteiger partial charge < -0.3 is 9.63 Å². The van der Waals surface area contributed by atoms with E-state index in [2.05, 4.69) is 24.0 Å². The predicted molar refractivity (Wildman–Crippen MR) is 64.6 cm³/mol. The Morgan fingerprint density at radius 1 is 1.24 bits per heavy atom. The maximum absolute atomic E-state index is 10.5. The first-order valence-electron chi connectivity index (χ1n) is 6.46. The van der Waals surface area contributed by atoms with Crippen LogP contribution in [0.5, 0.6) is 0 Å². The van der Waals surface area contributed by atoms with E-state index in [1.54, 1.807) is 0 Å². The van der Waals surface area contributed by atoms with Crippen LogP contribution in [0.1, 0.15) is 58.2 Å². The first-order valence-corrected chi connectivity index (χ1v) is 6.46. The van der Waals surface area contributed by atoms with Crippen molar-refractivity contribution >= 4 is 0 Å². The topological polar surface area (TPSA) is 59.2 Å². The largest absolute Gasteiger partial charge is 0.389 e. The molecule has 0 amide bonds. The second-order valence-corrected chi connectivity index (χ2v) is 6.02. The number of aromatic nitrogens is 2. The van der Waals surface area contributed by atoms with Crippen LogP contribution in [0.4, 0.5) is 0 Å². The highest BCUT2D eigenvalue weighted by atomic mass is 16.5. The summed E-state index contributed by atoms with van der Waals surface area (Å²) in [5.41, 5.74) is -0.289. The summed E-state index contributed by atoms with van der Waals surface area (Å²) in [5.74, 6) is 1.30. The SMILES string of the molecule is CCc1noc(CC2(O)CCC(C)(C)CC2)n1. The Hall–Kier alpha value is -0.900. The highest BCUT2D eigenvalue weighted by Gasteiger charge is 2.37. The minimum absolute atomic E-state index is 0.357. The van der Waals surface area contributed by atoms with E-state index in [0.717, 1.165) is 37.9 Å². The van der Waals surface area contributed by atoms with Crippen molar-refractivity contribution in [2.24, 2.45) is 5.41 Å². The molecule has 17 heavy (non-hydrogen) atoms. The maximum atomic E-state index is 10.5. The number of aryl methyl sites for hydroxylation is 1. The molecular formula is C13H22N2O2. The predicted octanol–water partition coefficient (Wildman–Crippen LogP) is 2.51. The van der Waals surface area contributed by atoms with E-state index in [-0.39, 0.29) is 0 Å². The summed E-state index contributed by atoms with van der Waals surface area (Å²) in [6.45, 7) is 6.51. The van der Waals surface area contributed by atoms with E-state index in [1.165, 1.54) is 0 Å². The summed E-state index contributed by atoms with van der Waals surface area (Å²) in [7, 11) is 0. The van der Waals surface area contributed by atoms with Crippen LogP contribution in [-0.2, 0) is 12.8 Å². The normalized spacial score (nSPS) is 22.6. The zero-order valence-corrected chi connectivity index (χ0v) is 11.0. The van der Waals surface area contributed by atoms with Crippen molar-refractivity contribution < 1.29 is 9.63 Å². The Labute approximate surface area is 102 Å². The second-order valence-electron chi connectivity index (χ2n) is 6.02. The van der Waals surface area contributed by atoms with E-state index in [1.807, 2.05) is 6.92 Å². The van der Waals surface area contributed by atoms with Crippen LogP contribution >= 0.6 is 0 Å². The van der Waals surface area contributed by atoms with Gasteiger partial charge in [-0.1, -0.05) is 25.9 Å². The van der Waals surface area contributed by atoms with Gasteiger partial charge in [0.2, 0.25) is 5.89 Å². The van der Waals surface area contributed by atoms with Crippen molar-refractivity contribution in [3.05, 3.63) is 11.7 Å². The lowest BCUT2D eigenvalue weighted by Gasteiger charge is -2.39. The summed E-state index contributed by atoms with van der Waals surface area (Å²) in [5, 5.41) is 14.4. The molecule has 4 nitrogen and oxygen atoms in total. The first kappa shape index (κ1) is 12.6. The molecule has 0 unspecified atom stereocenters. The fourth-order valence-electron chi connectivity index (χ4n) is 2.36. The molecule has 1 aliphatic rings. The van der Waals surface area contributed by atoms with Crippen molar-refractivity contribution in [1.82, 2.24) is 10.1 Å². The van der Waals surface area contributed by atoms with E-state index in [9.17, 15) is 5.11 Å². The van der Waals surface area contributed by atoms with Crippen molar-refractivity contribution in [1.29, 1.82) is 0 Å². The molecule has 1 N–H and O–H groups in total. The molecule has 0 saturated heterocycles. The van der Waals surface area contributed by atoms with Gasteiger partial charge in [-0.25, -0.2) is 0 Å². The molecule has 1 fully saturated rings. The smallest absolute Gasteiger partial charge is 0.229 e. The summed E-state index contributed by atoms with van der Waals surface area (Å²) in [6.07, 6.45) is 5.02. The second kappa shape index (κ2) is 4.41. The number of rotatable bonds is 3. The van der Waals surface area contributed by atoms with Crippen LogP contribution < -0.4 is 0 Å². The Kier molecular flexibility index (Phi) is 3.25. The molecule has 0 aromatic carbocycles. The lowest BCUT2D eigenvalue weighted by atomic mass is 9.70. The summed E-state index contributed by atoms with van der Waals surface area (Å²) in [6, 6.07) is 0. The molecule has 0 bridgehead atoms. The van der Waals surface area contributed by atoms with Gasteiger partial charge in [0.1, 0.15) is 0 Å². The molecule has 1 aromatic rings. The monoisotopic (exact) mass is 238 g/mol. The third-order valence-corrected chi connectivity index (χ3v) is 3.84. The Morgan fingerprint density at radius 2 is 1.88 bits per heavy atom. The molecule has 1 heterocycles. The van der Waals surface area contributed by atoms with Crippen molar-refractivity contribution in [2.75, 3.05) is 0 Å². The summed E-state index contributed by atoms with van der Waals surface area (Å²) in [4.78, 5) is 4.27. The van der Waals surface area contributed by atoms with Gasteiger partial charge in [0.15, 0.2) is 5.82 Å². The molecule has 0 aliphatic heterocycles. The van der Waals surface area contributed by atoms with Gasteiger partial charge >= 0.3 is 0 Å². The number of hydrogen-bond acceptors (Lipinski definition) is 4. The van der Waals surface area contributed by atoms with Crippen molar-refractivity contribution in [3.8, 4) is 0 Å². The van der Waals surface area contributed by atoms with Crippen LogP contribution in [0.25, 0.3) is 0 Å². The molecule has 0 radical (unpaired) electrons. The van der Waals surface area contributed by atoms with Gasteiger partial charge in [0.25, 0.3) is 0 Å². The quantitative estimate of drug-likeness (QED) is 0.879. The van der Waals surface area contributed by atoms with E-state index in [4.69, 9.17) is 4.52 Å². The van der Waals surface area contributed by atoms with Crippen LogP contribution in [0.15, 0.2) is 4.52 Å². The third kappa shape index (κ3) is 3.06. The lowest BCUT2D eigenvalue weighted by Crippen LogP contribution is -2.38.